The summed E-state index contributed by atoms with van der Waals surface area (Å²) >= 11 is 0. The fraction of sp³-hybridized carbons (Fsp3) is 0.562. The van der Waals surface area contributed by atoms with E-state index in [1.807, 2.05) is 31.2 Å². The number of carbonyl (C=O) groups is 1. The van der Waals surface area contributed by atoms with Gasteiger partial charge in [-0.1, -0.05) is 6.92 Å². The number of morpholine rings is 1. The molecule has 0 aromatic heterocycles. The Kier molecular flexibility index (Phi) is 4.78. The molecule has 1 unspecified atom stereocenters. The van der Waals surface area contributed by atoms with E-state index >= 15 is 0 Å². The molecule has 0 aliphatic carbocycles. The summed E-state index contributed by atoms with van der Waals surface area (Å²) in [6.07, 6.45) is 0.790. The van der Waals surface area contributed by atoms with Crippen LogP contribution in [0.1, 0.15) is 30.6 Å². The molecule has 1 fully saturated rings. The van der Waals surface area contributed by atoms with Crippen LogP contribution in [0, 0.1) is 0 Å². The van der Waals surface area contributed by atoms with Crippen LogP contribution < -0.4 is 4.74 Å². The number of carbonyl (C=O) groups excluding carboxylic acids is 1. The molecule has 1 aliphatic heterocycles. The first-order valence-corrected chi connectivity index (χ1v) is 7.13. The molecule has 1 aromatic carbocycles. The van der Waals surface area contributed by atoms with Crippen molar-refractivity contribution in [2.24, 2.45) is 0 Å². The van der Waals surface area contributed by atoms with Crippen LogP contribution in [0.5, 0.6) is 5.75 Å². The van der Waals surface area contributed by atoms with Crippen LogP contribution in [-0.4, -0.2) is 49.6 Å². The third-order valence-corrected chi connectivity index (χ3v) is 4.24. The summed E-state index contributed by atoms with van der Waals surface area (Å²) in [5.41, 5.74) is 0.278. The predicted molar refractivity (Wildman–Crippen MR) is 78.4 cm³/mol. The lowest BCUT2D eigenvalue weighted by molar-refractivity contribution is -0.0106. The molecule has 1 aliphatic rings. The predicted octanol–water partition coefficient (Wildman–Crippen LogP) is 2.38. The smallest absolute Gasteiger partial charge is 0.182 e. The zero-order valence-corrected chi connectivity index (χ0v) is 12.5. The minimum absolute atomic E-state index is 0.171. The summed E-state index contributed by atoms with van der Waals surface area (Å²) in [5, 5.41) is 0. The van der Waals surface area contributed by atoms with Crippen LogP contribution in [-0.2, 0) is 4.74 Å². The largest absolute Gasteiger partial charge is 0.497 e. The van der Waals surface area contributed by atoms with Crippen LogP contribution in [0.4, 0.5) is 0 Å². The minimum atomic E-state index is -0.460. The zero-order chi connectivity index (χ0) is 14.6. The normalized spacial score (nSPS) is 19.4. The van der Waals surface area contributed by atoms with Gasteiger partial charge < -0.3 is 9.47 Å². The highest BCUT2D eigenvalue weighted by Crippen LogP contribution is 2.26. The zero-order valence-electron chi connectivity index (χ0n) is 12.5. The molecule has 1 heterocycles. The monoisotopic (exact) mass is 277 g/mol. The lowest BCUT2D eigenvalue weighted by Crippen LogP contribution is -2.56. The number of ether oxygens (including phenoxy) is 2. The molecule has 0 radical (unpaired) electrons. The van der Waals surface area contributed by atoms with Crippen molar-refractivity contribution in [1.82, 2.24) is 4.90 Å². The van der Waals surface area contributed by atoms with Crippen molar-refractivity contribution in [3.8, 4) is 5.75 Å². The van der Waals surface area contributed by atoms with E-state index in [0.29, 0.717) is 13.2 Å². The van der Waals surface area contributed by atoms with E-state index < -0.39 is 5.54 Å². The first-order chi connectivity index (χ1) is 9.61. The summed E-state index contributed by atoms with van der Waals surface area (Å²) in [7, 11) is 1.63. The highest BCUT2D eigenvalue weighted by molar-refractivity contribution is 6.03. The van der Waals surface area contributed by atoms with Crippen LogP contribution in [0.2, 0.25) is 0 Å². The maximum Gasteiger partial charge on any atom is 0.182 e. The van der Waals surface area contributed by atoms with Gasteiger partial charge in [0.2, 0.25) is 0 Å². The topological polar surface area (TPSA) is 38.8 Å². The molecule has 1 saturated heterocycles. The minimum Gasteiger partial charge on any atom is -0.497 e. The quantitative estimate of drug-likeness (QED) is 0.775. The number of rotatable bonds is 5. The number of nitrogens with zero attached hydrogens (tertiary/aromatic N) is 1. The second-order valence-corrected chi connectivity index (χ2v) is 5.28. The molecule has 0 amide bonds. The van der Waals surface area contributed by atoms with Crippen LogP contribution in [0.3, 0.4) is 0 Å². The molecule has 1 atom stereocenters. The average Bonchev–Trinajstić information content (AvgIpc) is 2.54. The molecule has 4 heteroatoms. The van der Waals surface area contributed by atoms with Crippen LogP contribution >= 0.6 is 0 Å². The number of hydrogen-bond donors (Lipinski definition) is 0. The van der Waals surface area contributed by atoms with Gasteiger partial charge >= 0.3 is 0 Å². The first-order valence-electron chi connectivity index (χ1n) is 7.13. The molecule has 110 valence electrons. The Hall–Kier alpha value is -1.39. The molecular formula is C16H23NO3. The van der Waals surface area contributed by atoms with E-state index in [9.17, 15) is 4.79 Å². The van der Waals surface area contributed by atoms with Gasteiger partial charge in [0.1, 0.15) is 5.75 Å². The molecule has 0 bridgehead atoms. The van der Waals surface area contributed by atoms with Gasteiger partial charge in [0.25, 0.3) is 0 Å². The molecule has 0 spiro atoms. The lowest BCUT2D eigenvalue weighted by atomic mass is 9.86. The second kappa shape index (κ2) is 6.37. The van der Waals surface area contributed by atoms with Gasteiger partial charge in [-0.3, -0.25) is 9.69 Å². The van der Waals surface area contributed by atoms with Crippen LogP contribution in [0.25, 0.3) is 0 Å². The molecule has 20 heavy (non-hydrogen) atoms. The van der Waals surface area contributed by atoms with Gasteiger partial charge in [0.15, 0.2) is 5.78 Å². The molecule has 1 aromatic rings. The third kappa shape index (κ3) is 2.86. The molecular weight excluding hydrogens is 254 g/mol. The maximum atomic E-state index is 12.9. The summed E-state index contributed by atoms with van der Waals surface area (Å²) in [5.74, 6) is 0.940. The van der Waals surface area contributed by atoms with Crippen molar-refractivity contribution in [2.45, 2.75) is 25.8 Å². The summed E-state index contributed by atoms with van der Waals surface area (Å²) in [4.78, 5) is 15.1. The number of methoxy groups -OCH3 is 1. The first kappa shape index (κ1) is 15.0. The Balaban J connectivity index is 2.22. The molecule has 0 saturated carbocycles. The lowest BCUT2D eigenvalue weighted by Gasteiger charge is -2.41. The van der Waals surface area contributed by atoms with Gasteiger partial charge in [-0.2, -0.15) is 0 Å². The van der Waals surface area contributed by atoms with E-state index in [1.54, 1.807) is 7.11 Å². The number of Topliss-reactive ketones (excluding diaryl/α,β-unsaturated/α-hetero) is 1. The van der Waals surface area contributed by atoms with Gasteiger partial charge in [0, 0.05) is 18.7 Å². The van der Waals surface area contributed by atoms with Crippen molar-refractivity contribution in [3.63, 3.8) is 0 Å². The Morgan fingerprint density at radius 2 is 1.90 bits per heavy atom. The van der Waals surface area contributed by atoms with Crippen molar-refractivity contribution < 1.29 is 14.3 Å². The number of ketones is 1. The van der Waals surface area contributed by atoms with E-state index in [-0.39, 0.29) is 5.78 Å². The molecule has 4 nitrogen and oxygen atoms in total. The summed E-state index contributed by atoms with van der Waals surface area (Å²) < 4.78 is 10.5. The van der Waals surface area contributed by atoms with Gasteiger partial charge in [-0.15, -0.1) is 0 Å². The Morgan fingerprint density at radius 3 is 2.40 bits per heavy atom. The third-order valence-electron chi connectivity index (χ3n) is 4.24. The Labute approximate surface area is 120 Å². The molecule has 0 N–H and O–H groups in total. The number of hydrogen-bond acceptors (Lipinski definition) is 4. The molecule has 2 rings (SSSR count). The van der Waals surface area contributed by atoms with E-state index in [0.717, 1.165) is 30.8 Å². The highest BCUT2D eigenvalue weighted by atomic mass is 16.5. The van der Waals surface area contributed by atoms with E-state index in [1.165, 1.54) is 0 Å². The van der Waals surface area contributed by atoms with Crippen molar-refractivity contribution in [2.75, 3.05) is 33.4 Å². The number of benzene rings is 1. The fourth-order valence-electron chi connectivity index (χ4n) is 2.64. The Morgan fingerprint density at radius 1 is 1.30 bits per heavy atom. The summed E-state index contributed by atoms with van der Waals surface area (Å²) in [6, 6.07) is 7.36. The SMILES string of the molecule is CCC(C)(C(=O)c1ccc(OC)cc1)N1CCOCC1. The second-order valence-electron chi connectivity index (χ2n) is 5.28. The van der Waals surface area contributed by atoms with Crippen molar-refractivity contribution in [1.29, 1.82) is 0 Å². The van der Waals surface area contributed by atoms with Crippen molar-refractivity contribution >= 4 is 5.78 Å². The van der Waals surface area contributed by atoms with Crippen LogP contribution in [0.15, 0.2) is 24.3 Å². The van der Waals surface area contributed by atoms with Gasteiger partial charge in [-0.05, 0) is 37.6 Å². The van der Waals surface area contributed by atoms with Gasteiger partial charge in [-0.25, -0.2) is 0 Å². The average molecular weight is 277 g/mol. The van der Waals surface area contributed by atoms with E-state index in [2.05, 4.69) is 11.8 Å². The maximum absolute atomic E-state index is 12.9. The highest BCUT2D eigenvalue weighted by Gasteiger charge is 2.38. The summed E-state index contributed by atoms with van der Waals surface area (Å²) in [6.45, 7) is 7.12. The fourth-order valence-corrected chi connectivity index (χ4v) is 2.64. The Bertz CT molecular complexity index is 451. The standard InChI is InChI=1S/C16H23NO3/c1-4-16(2,17-9-11-20-12-10-17)15(18)13-5-7-14(19-3)8-6-13/h5-8H,4,9-12H2,1-3H3. The van der Waals surface area contributed by atoms with E-state index in [4.69, 9.17) is 9.47 Å². The van der Waals surface area contributed by atoms with Gasteiger partial charge in [0.05, 0.1) is 25.9 Å². The van der Waals surface area contributed by atoms with Crippen molar-refractivity contribution in [3.05, 3.63) is 29.8 Å².